The SMILES string of the molecule is CCCNC(=O)C(CC)N(Cc1ccc(Cl)cc1Cl)C(=O)CSCc1c(F)cccc1Cl. The second kappa shape index (κ2) is 13.3. The number of benzene rings is 2. The van der Waals surface area contributed by atoms with Crippen LogP contribution in [0.5, 0.6) is 0 Å². The molecule has 9 heteroatoms. The van der Waals surface area contributed by atoms with Gasteiger partial charge in [-0.1, -0.05) is 60.8 Å². The number of halogens is 4. The van der Waals surface area contributed by atoms with Crippen LogP contribution >= 0.6 is 46.6 Å². The van der Waals surface area contributed by atoms with Crippen LogP contribution in [0, 0.1) is 5.82 Å². The zero-order chi connectivity index (χ0) is 23.7. The van der Waals surface area contributed by atoms with Crippen molar-refractivity contribution in [2.45, 2.75) is 45.0 Å². The minimum Gasteiger partial charge on any atom is -0.354 e. The van der Waals surface area contributed by atoms with Gasteiger partial charge < -0.3 is 10.2 Å². The monoisotopic (exact) mass is 518 g/mol. The van der Waals surface area contributed by atoms with E-state index < -0.39 is 11.9 Å². The number of rotatable bonds is 11. The van der Waals surface area contributed by atoms with Gasteiger partial charge in [0.25, 0.3) is 0 Å². The summed E-state index contributed by atoms with van der Waals surface area (Å²) in [7, 11) is 0. The molecule has 0 saturated heterocycles. The molecule has 1 atom stereocenters. The molecule has 2 amide bonds. The first-order chi connectivity index (χ1) is 15.3. The fourth-order valence-electron chi connectivity index (χ4n) is 3.11. The number of thioether (sulfide) groups is 1. The van der Waals surface area contributed by atoms with Crippen LogP contribution in [-0.2, 0) is 21.9 Å². The van der Waals surface area contributed by atoms with E-state index in [0.29, 0.717) is 39.2 Å². The van der Waals surface area contributed by atoms with Gasteiger partial charge in [0, 0.05) is 39.5 Å². The maximum absolute atomic E-state index is 14.0. The summed E-state index contributed by atoms with van der Waals surface area (Å²) in [4.78, 5) is 27.5. The molecule has 0 aliphatic rings. The highest BCUT2D eigenvalue weighted by molar-refractivity contribution is 7.99. The standard InChI is InChI=1S/C23H26Cl3FN2O2S/c1-3-10-28-23(31)21(4-2)29(12-15-8-9-16(24)11-19(15)26)22(30)14-32-13-17-18(25)6-5-7-20(17)27/h5-9,11,21H,3-4,10,12-14H2,1-2H3,(H,28,31). The van der Waals surface area contributed by atoms with Gasteiger partial charge in [0.05, 0.1) is 5.75 Å². The van der Waals surface area contributed by atoms with Crippen molar-refractivity contribution >= 4 is 58.4 Å². The van der Waals surface area contributed by atoms with Crippen LogP contribution in [0.25, 0.3) is 0 Å². The van der Waals surface area contributed by atoms with Crippen molar-refractivity contribution in [3.05, 3.63) is 68.4 Å². The zero-order valence-corrected chi connectivity index (χ0v) is 21.1. The molecule has 0 fully saturated rings. The molecule has 4 nitrogen and oxygen atoms in total. The lowest BCUT2D eigenvalue weighted by atomic mass is 10.1. The first kappa shape index (κ1) is 26.8. The Bertz CT molecular complexity index is 925. The molecule has 2 aromatic rings. The Balaban J connectivity index is 2.19. The molecule has 174 valence electrons. The maximum Gasteiger partial charge on any atom is 0.242 e. The number of nitrogens with zero attached hydrogens (tertiary/aromatic N) is 1. The zero-order valence-electron chi connectivity index (χ0n) is 18.0. The number of nitrogens with one attached hydrogen (secondary N) is 1. The minimum absolute atomic E-state index is 0.0629. The summed E-state index contributed by atoms with van der Waals surface area (Å²) >= 11 is 19.6. The van der Waals surface area contributed by atoms with E-state index in [2.05, 4.69) is 5.32 Å². The Morgan fingerprint density at radius 3 is 2.50 bits per heavy atom. The summed E-state index contributed by atoms with van der Waals surface area (Å²) in [5.74, 6) is -0.562. The summed E-state index contributed by atoms with van der Waals surface area (Å²) in [6.07, 6.45) is 1.23. The fraction of sp³-hybridized carbons (Fsp3) is 0.391. The fourth-order valence-corrected chi connectivity index (χ4v) is 4.83. The van der Waals surface area contributed by atoms with Gasteiger partial charge in [-0.3, -0.25) is 9.59 Å². The van der Waals surface area contributed by atoms with Crippen molar-refractivity contribution in [3.8, 4) is 0 Å². The predicted octanol–water partition coefficient (Wildman–Crippen LogP) is 6.35. The number of amides is 2. The summed E-state index contributed by atoms with van der Waals surface area (Å²) < 4.78 is 14.0. The third-order valence-corrected chi connectivity index (χ3v) is 6.71. The normalized spacial score (nSPS) is 11.8. The number of carbonyl (C=O) groups is 2. The van der Waals surface area contributed by atoms with Crippen molar-refractivity contribution in [1.29, 1.82) is 0 Å². The van der Waals surface area contributed by atoms with Crippen molar-refractivity contribution in [1.82, 2.24) is 10.2 Å². The highest BCUT2D eigenvalue weighted by Gasteiger charge is 2.29. The molecule has 1 N–H and O–H groups in total. The predicted molar refractivity (Wildman–Crippen MR) is 132 cm³/mol. The molecule has 1 unspecified atom stereocenters. The maximum atomic E-state index is 14.0. The molecule has 0 spiro atoms. The van der Waals surface area contributed by atoms with Crippen molar-refractivity contribution < 1.29 is 14.0 Å². The first-order valence-corrected chi connectivity index (χ1v) is 12.6. The van der Waals surface area contributed by atoms with Gasteiger partial charge >= 0.3 is 0 Å². The summed E-state index contributed by atoms with van der Waals surface area (Å²) in [6.45, 7) is 4.50. The topological polar surface area (TPSA) is 49.4 Å². The minimum atomic E-state index is -0.654. The number of hydrogen-bond acceptors (Lipinski definition) is 3. The lowest BCUT2D eigenvalue weighted by Gasteiger charge is -2.31. The van der Waals surface area contributed by atoms with Gasteiger partial charge in [-0.05, 0) is 42.7 Å². The molecule has 0 bridgehead atoms. The Hall–Kier alpha value is -1.47. The molecule has 0 aliphatic heterocycles. The van der Waals surface area contributed by atoms with Crippen LogP contribution in [0.1, 0.15) is 37.8 Å². The van der Waals surface area contributed by atoms with Gasteiger partial charge in [0.2, 0.25) is 11.8 Å². The highest BCUT2D eigenvalue weighted by Crippen LogP contribution is 2.26. The average Bonchev–Trinajstić information content (AvgIpc) is 2.75. The van der Waals surface area contributed by atoms with Crippen molar-refractivity contribution in [2.75, 3.05) is 12.3 Å². The number of hydrogen-bond donors (Lipinski definition) is 1. The summed E-state index contributed by atoms with van der Waals surface area (Å²) in [5.41, 5.74) is 1.04. The van der Waals surface area contributed by atoms with E-state index in [0.717, 1.165) is 6.42 Å². The quantitative estimate of drug-likeness (QED) is 0.376. The molecule has 2 aromatic carbocycles. The van der Waals surface area contributed by atoms with E-state index in [-0.39, 0.29) is 29.9 Å². The largest absolute Gasteiger partial charge is 0.354 e. The molecule has 0 radical (unpaired) electrons. The van der Waals surface area contributed by atoms with E-state index in [9.17, 15) is 14.0 Å². The van der Waals surface area contributed by atoms with Crippen LogP contribution in [0.3, 0.4) is 0 Å². The van der Waals surface area contributed by atoms with Crippen LogP contribution < -0.4 is 5.32 Å². The van der Waals surface area contributed by atoms with Gasteiger partial charge in [-0.15, -0.1) is 11.8 Å². The van der Waals surface area contributed by atoms with Gasteiger partial charge in [-0.2, -0.15) is 0 Å². The molecular weight excluding hydrogens is 494 g/mol. The third kappa shape index (κ3) is 7.55. The highest BCUT2D eigenvalue weighted by atomic mass is 35.5. The van der Waals surface area contributed by atoms with E-state index in [1.165, 1.54) is 28.8 Å². The second-order valence-electron chi connectivity index (χ2n) is 7.17. The Kier molecular flexibility index (Phi) is 11.1. The van der Waals surface area contributed by atoms with E-state index in [4.69, 9.17) is 34.8 Å². The molecular formula is C23H26Cl3FN2O2S. The van der Waals surface area contributed by atoms with Crippen LogP contribution in [0.15, 0.2) is 36.4 Å². The molecule has 32 heavy (non-hydrogen) atoms. The van der Waals surface area contributed by atoms with Gasteiger partial charge in [-0.25, -0.2) is 4.39 Å². The van der Waals surface area contributed by atoms with Crippen molar-refractivity contribution in [3.63, 3.8) is 0 Å². The summed E-state index contributed by atoms with van der Waals surface area (Å²) in [5, 5.41) is 4.09. The number of carbonyl (C=O) groups excluding carboxylic acids is 2. The Morgan fingerprint density at radius 1 is 1.12 bits per heavy atom. The Morgan fingerprint density at radius 2 is 1.88 bits per heavy atom. The molecule has 0 aromatic heterocycles. The van der Waals surface area contributed by atoms with E-state index in [1.54, 1.807) is 24.3 Å². The molecule has 2 rings (SSSR count). The molecule has 0 aliphatic carbocycles. The van der Waals surface area contributed by atoms with E-state index >= 15 is 0 Å². The second-order valence-corrected chi connectivity index (χ2v) is 9.40. The molecule has 0 saturated carbocycles. The first-order valence-electron chi connectivity index (χ1n) is 10.3. The smallest absolute Gasteiger partial charge is 0.242 e. The van der Waals surface area contributed by atoms with E-state index in [1.807, 2.05) is 13.8 Å². The lowest BCUT2D eigenvalue weighted by molar-refractivity contribution is -0.139. The third-order valence-electron chi connectivity index (χ3n) is 4.82. The lowest BCUT2D eigenvalue weighted by Crippen LogP contribution is -2.49. The van der Waals surface area contributed by atoms with Crippen molar-refractivity contribution in [2.24, 2.45) is 0 Å². The Labute approximate surface area is 207 Å². The van der Waals surface area contributed by atoms with Gasteiger partial charge in [0.15, 0.2) is 0 Å². The van der Waals surface area contributed by atoms with Crippen LogP contribution in [0.4, 0.5) is 4.39 Å². The molecule has 0 heterocycles. The summed E-state index contributed by atoms with van der Waals surface area (Å²) in [6, 6.07) is 8.88. The average molecular weight is 520 g/mol. The van der Waals surface area contributed by atoms with Crippen LogP contribution in [0.2, 0.25) is 15.1 Å². The van der Waals surface area contributed by atoms with Crippen LogP contribution in [-0.4, -0.2) is 35.1 Å². The van der Waals surface area contributed by atoms with Gasteiger partial charge in [0.1, 0.15) is 11.9 Å².